The molecule has 1 atom stereocenters. The Balaban J connectivity index is 3.71. The van der Waals surface area contributed by atoms with Crippen LogP contribution in [0.2, 0.25) is 0 Å². The van der Waals surface area contributed by atoms with Gasteiger partial charge in [0.25, 0.3) is 0 Å². The zero-order valence-corrected chi connectivity index (χ0v) is 6.66. The minimum atomic E-state index is -0.564. The van der Waals surface area contributed by atoms with Crippen LogP contribution in [0.25, 0.3) is 0 Å². The zero-order valence-electron chi connectivity index (χ0n) is 6.66. The topological polar surface area (TPSA) is 69.6 Å². The maximum atomic E-state index is 10.8. The van der Waals surface area contributed by atoms with Gasteiger partial charge in [0.1, 0.15) is 0 Å². The number of amides is 1. The molecular formula is C7H13NO3. The van der Waals surface area contributed by atoms with Crippen LogP contribution in [0.4, 0.5) is 0 Å². The molecule has 64 valence electrons. The molecule has 0 aliphatic carbocycles. The fraction of sp³-hybridized carbons (Fsp3) is 0.571. The van der Waals surface area contributed by atoms with Crippen molar-refractivity contribution < 1.29 is 15.0 Å². The average molecular weight is 159 g/mol. The molecule has 1 amide bonds. The van der Waals surface area contributed by atoms with Gasteiger partial charge in [0.15, 0.2) is 0 Å². The number of hydrogen-bond acceptors (Lipinski definition) is 3. The van der Waals surface area contributed by atoms with E-state index in [1.807, 2.05) is 0 Å². The second-order valence-electron chi connectivity index (χ2n) is 2.37. The van der Waals surface area contributed by atoms with Gasteiger partial charge < -0.3 is 15.5 Å². The summed E-state index contributed by atoms with van der Waals surface area (Å²) >= 11 is 0. The van der Waals surface area contributed by atoms with E-state index < -0.39 is 6.10 Å². The highest BCUT2D eigenvalue weighted by atomic mass is 16.3. The maximum Gasteiger partial charge on any atom is 0.250 e. The molecule has 4 nitrogen and oxygen atoms in total. The van der Waals surface area contributed by atoms with E-state index in [0.29, 0.717) is 0 Å². The smallest absolute Gasteiger partial charge is 0.250 e. The lowest BCUT2D eigenvalue weighted by molar-refractivity contribution is -0.117. The third kappa shape index (κ3) is 4.38. The van der Waals surface area contributed by atoms with Crippen LogP contribution in [0, 0.1) is 0 Å². The summed E-state index contributed by atoms with van der Waals surface area (Å²) in [4.78, 5) is 10.8. The van der Waals surface area contributed by atoms with Gasteiger partial charge in [-0.25, -0.2) is 0 Å². The lowest BCUT2D eigenvalue weighted by Crippen LogP contribution is -2.30. The average Bonchev–Trinajstić information content (AvgIpc) is 1.98. The first-order chi connectivity index (χ1) is 5.07. The molecule has 0 saturated heterocycles. The van der Waals surface area contributed by atoms with Crippen LogP contribution in [0.1, 0.15) is 13.8 Å². The van der Waals surface area contributed by atoms with E-state index in [1.54, 1.807) is 6.92 Å². The Morgan fingerprint density at radius 3 is 2.64 bits per heavy atom. The van der Waals surface area contributed by atoms with Crippen LogP contribution in [0.3, 0.4) is 0 Å². The molecule has 1 unspecified atom stereocenters. The molecule has 11 heavy (non-hydrogen) atoms. The van der Waals surface area contributed by atoms with Crippen molar-refractivity contribution in [1.29, 1.82) is 0 Å². The summed E-state index contributed by atoms with van der Waals surface area (Å²) < 4.78 is 0. The first-order valence-electron chi connectivity index (χ1n) is 3.35. The van der Waals surface area contributed by atoms with Crippen LogP contribution in [-0.2, 0) is 4.79 Å². The predicted octanol–water partition coefficient (Wildman–Crippen LogP) is -0.0548. The molecule has 0 bridgehead atoms. The van der Waals surface area contributed by atoms with Gasteiger partial charge in [-0.1, -0.05) is 0 Å². The summed E-state index contributed by atoms with van der Waals surface area (Å²) in [5.74, 6) is -0.367. The SMILES string of the molecule is CC(=CO)C(=O)NCC(C)O. The molecule has 0 rings (SSSR count). The third-order valence-corrected chi connectivity index (χ3v) is 1.11. The Labute approximate surface area is 65.5 Å². The zero-order chi connectivity index (χ0) is 8.85. The van der Waals surface area contributed by atoms with E-state index in [9.17, 15) is 4.79 Å². The minimum absolute atomic E-state index is 0.198. The van der Waals surface area contributed by atoms with Crippen molar-refractivity contribution in [3.05, 3.63) is 11.8 Å². The van der Waals surface area contributed by atoms with Gasteiger partial charge in [0, 0.05) is 12.1 Å². The summed E-state index contributed by atoms with van der Waals surface area (Å²) in [5.41, 5.74) is 0.227. The van der Waals surface area contributed by atoms with Gasteiger partial charge in [-0.05, 0) is 13.8 Å². The van der Waals surface area contributed by atoms with Gasteiger partial charge in [0.05, 0.1) is 12.4 Å². The van der Waals surface area contributed by atoms with Crippen molar-refractivity contribution in [3.63, 3.8) is 0 Å². The van der Waals surface area contributed by atoms with Crippen molar-refractivity contribution >= 4 is 5.91 Å². The quantitative estimate of drug-likeness (QED) is 0.399. The van der Waals surface area contributed by atoms with Crippen molar-refractivity contribution in [1.82, 2.24) is 5.32 Å². The van der Waals surface area contributed by atoms with Gasteiger partial charge in [-0.15, -0.1) is 0 Å². The summed E-state index contributed by atoms with van der Waals surface area (Å²) in [6.07, 6.45) is 0.169. The molecule has 0 aliphatic rings. The number of rotatable bonds is 3. The number of nitrogens with one attached hydrogen (secondary N) is 1. The Morgan fingerprint density at radius 1 is 1.73 bits per heavy atom. The molecule has 4 heteroatoms. The molecule has 0 aromatic rings. The van der Waals surface area contributed by atoms with Crippen molar-refractivity contribution in [2.75, 3.05) is 6.54 Å². The van der Waals surface area contributed by atoms with E-state index in [2.05, 4.69) is 5.32 Å². The first kappa shape index (κ1) is 9.97. The number of aliphatic hydroxyl groups is 2. The number of carbonyl (C=O) groups excluding carboxylic acids is 1. The molecular weight excluding hydrogens is 146 g/mol. The Hall–Kier alpha value is -1.03. The highest BCUT2D eigenvalue weighted by Gasteiger charge is 2.03. The third-order valence-electron chi connectivity index (χ3n) is 1.11. The Bertz CT molecular complexity index is 163. The number of carbonyl (C=O) groups is 1. The Kier molecular flexibility index (Phi) is 4.29. The fourth-order valence-corrected chi connectivity index (χ4v) is 0.438. The summed E-state index contributed by atoms with van der Waals surface area (Å²) in [5, 5.41) is 19.6. The molecule has 0 aromatic carbocycles. The molecule has 0 spiro atoms. The van der Waals surface area contributed by atoms with Crippen molar-refractivity contribution in [3.8, 4) is 0 Å². The number of aliphatic hydroxyl groups excluding tert-OH is 2. The lowest BCUT2D eigenvalue weighted by Gasteiger charge is -2.05. The lowest BCUT2D eigenvalue weighted by atomic mass is 10.3. The highest BCUT2D eigenvalue weighted by molar-refractivity contribution is 5.92. The van der Waals surface area contributed by atoms with E-state index in [-0.39, 0.29) is 18.0 Å². The van der Waals surface area contributed by atoms with Gasteiger partial charge in [-0.2, -0.15) is 0 Å². The second kappa shape index (κ2) is 4.73. The largest absolute Gasteiger partial charge is 0.515 e. The Morgan fingerprint density at radius 2 is 2.27 bits per heavy atom. The van der Waals surface area contributed by atoms with Crippen LogP contribution in [-0.4, -0.2) is 28.8 Å². The molecule has 0 fully saturated rings. The van der Waals surface area contributed by atoms with Crippen LogP contribution < -0.4 is 5.32 Å². The van der Waals surface area contributed by atoms with Crippen LogP contribution in [0.5, 0.6) is 0 Å². The van der Waals surface area contributed by atoms with Crippen LogP contribution >= 0.6 is 0 Å². The predicted molar refractivity (Wildman–Crippen MR) is 41.1 cm³/mol. The molecule has 0 radical (unpaired) electrons. The molecule has 3 N–H and O–H groups in total. The maximum absolute atomic E-state index is 10.8. The summed E-state index contributed by atoms with van der Waals surface area (Å²) in [6, 6.07) is 0. The fourth-order valence-electron chi connectivity index (χ4n) is 0.438. The van der Waals surface area contributed by atoms with Crippen LogP contribution in [0.15, 0.2) is 11.8 Å². The second-order valence-corrected chi connectivity index (χ2v) is 2.37. The van der Waals surface area contributed by atoms with Crippen molar-refractivity contribution in [2.45, 2.75) is 20.0 Å². The van der Waals surface area contributed by atoms with Gasteiger partial charge in [-0.3, -0.25) is 4.79 Å². The van der Waals surface area contributed by atoms with Gasteiger partial charge in [0.2, 0.25) is 5.91 Å². The van der Waals surface area contributed by atoms with E-state index in [4.69, 9.17) is 10.2 Å². The highest BCUT2D eigenvalue weighted by Crippen LogP contribution is 1.89. The van der Waals surface area contributed by atoms with Crippen molar-refractivity contribution in [2.24, 2.45) is 0 Å². The molecule has 0 aliphatic heterocycles. The molecule has 0 saturated carbocycles. The first-order valence-corrected chi connectivity index (χ1v) is 3.35. The summed E-state index contributed by atoms with van der Waals surface area (Å²) in [7, 11) is 0. The van der Waals surface area contributed by atoms with E-state index in [1.165, 1.54) is 6.92 Å². The normalized spacial score (nSPS) is 14.3. The van der Waals surface area contributed by atoms with E-state index >= 15 is 0 Å². The minimum Gasteiger partial charge on any atom is -0.515 e. The monoisotopic (exact) mass is 159 g/mol. The standard InChI is InChI=1S/C7H13NO3/c1-5(4-9)7(11)8-3-6(2)10/h4,6,9-10H,3H2,1-2H3,(H,8,11). The molecule has 0 aromatic heterocycles. The van der Waals surface area contributed by atoms with Gasteiger partial charge >= 0.3 is 0 Å². The van der Waals surface area contributed by atoms with E-state index in [0.717, 1.165) is 6.26 Å². The molecule has 0 heterocycles. The summed E-state index contributed by atoms with van der Waals surface area (Å²) in [6.45, 7) is 3.25. The number of hydrogen-bond donors (Lipinski definition) is 3.